The molecule has 0 fully saturated rings. The maximum atomic E-state index is 11.1. The van der Waals surface area contributed by atoms with Gasteiger partial charge in [0, 0.05) is 35.9 Å². The zero-order valence-corrected chi connectivity index (χ0v) is 9.86. The fraction of sp³-hybridized carbons (Fsp3) is 0.889. The van der Waals surface area contributed by atoms with E-state index in [1.54, 1.807) is 13.2 Å². The molecule has 4 nitrogen and oxygen atoms in total. The second-order valence-corrected chi connectivity index (χ2v) is 4.69. The smallest absolute Gasteiger partial charge is 0.309 e. The van der Waals surface area contributed by atoms with Crippen molar-refractivity contribution >= 4 is 16.8 Å². The Morgan fingerprint density at radius 1 is 1.57 bits per heavy atom. The summed E-state index contributed by atoms with van der Waals surface area (Å²) >= 11 is 0. The highest BCUT2D eigenvalue weighted by Gasteiger charge is 2.12. The number of carbonyl (C=O) groups is 1. The highest BCUT2D eigenvalue weighted by molar-refractivity contribution is 7.84. The van der Waals surface area contributed by atoms with Crippen molar-refractivity contribution in [1.29, 1.82) is 0 Å². The highest BCUT2D eigenvalue weighted by atomic mass is 32.2. The first-order valence-corrected chi connectivity index (χ1v) is 6.48. The fourth-order valence-electron chi connectivity index (χ4n) is 0.902. The molecule has 0 saturated carbocycles. The molecule has 14 heavy (non-hydrogen) atoms. The van der Waals surface area contributed by atoms with Gasteiger partial charge in [-0.1, -0.05) is 6.92 Å². The number of rotatable bonds is 7. The number of nitrogens with one attached hydrogen (secondary N) is 1. The van der Waals surface area contributed by atoms with Gasteiger partial charge in [0.05, 0.1) is 12.5 Å². The van der Waals surface area contributed by atoms with Gasteiger partial charge in [-0.2, -0.15) is 0 Å². The largest absolute Gasteiger partial charge is 0.466 e. The summed E-state index contributed by atoms with van der Waals surface area (Å²) in [5, 5.41) is 3.06. The monoisotopic (exact) mass is 221 g/mol. The van der Waals surface area contributed by atoms with Crippen LogP contribution in [0.2, 0.25) is 0 Å². The molecule has 0 aromatic heterocycles. The molecule has 0 spiro atoms. The van der Waals surface area contributed by atoms with Gasteiger partial charge in [0.25, 0.3) is 0 Å². The lowest BCUT2D eigenvalue weighted by Gasteiger charge is -2.10. The van der Waals surface area contributed by atoms with Gasteiger partial charge in [-0.25, -0.2) is 0 Å². The highest BCUT2D eigenvalue weighted by Crippen LogP contribution is 1.96. The number of ether oxygens (including phenoxy) is 1. The summed E-state index contributed by atoms with van der Waals surface area (Å²) in [5.74, 6) is 0.299. The predicted molar refractivity (Wildman–Crippen MR) is 57.6 cm³/mol. The van der Waals surface area contributed by atoms with E-state index in [9.17, 15) is 9.00 Å². The van der Waals surface area contributed by atoms with Gasteiger partial charge in [-0.3, -0.25) is 9.00 Å². The summed E-state index contributed by atoms with van der Waals surface area (Å²) in [6.07, 6.45) is 1.66. The second-order valence-electron chi connectivity index (χ2n) is 3.13. The lowest BCUT2D eigenvalue weighted by atomic mass is 10.2. The molecule has 0 aliphatic rings. The van der Waals surface area contributed by atoms with E-state index in [0.29, 0.717) is 25.4 Å². The first-order valence-electron chi connectivity index (χ1n) is 4.75. The number of hydrogen-bond donors (Lipinski definition) is 1. The summed E-state index contributed by atoms with van der Waals surface area (Å²) in [5.41, 5.74) is 0. The van der Waals surface area contributed by atoms with Crippen molar-refractivity contribution < 1.29 is 13.7 Å². The molecule has 2 atom stereocenters. The maximum absolute atomic E-state index is 11.1. The summed E-state index contributed by atoms with van der Waals surface area (Å²) in [6, 6.07) is 0. The van der Waals surface area contributed by atoms with Crippen molar-refractivity contribution in [3.8, 4) is 0 Å². The van der Waals surface area contributed by atoms with Crippen molar-refractivity contribution in [2.75, 3.05) is 31.7 Å². The Balaban J connectivity index is 3.48. The third-order valence-corrected chi connectivity index (χ3v) is 2.48. The first kappa shape index (κ1) is 13.6. The molecule has 0 aromatic rings. The third-order valence-electron chi connectivity index (χ3n) is 1.71. The van der Waals surface area contributed by atoms with Crippen molar-refractivity contribution in [2.24, 2.45) is 5.92 Å². The van der Waals surface area contributed by atoms with Gasteiger partial charge < -0.3 is 10.1 Å². The zero-order chi connectivity index (χ0) is 11.0. The molecule has 0 rings (SSSR count). The van der Waals surface area contributed by atoms with Crippen molar-refractivity contribution in [2.45, 2.75) is 13.8 Å². The Labute approximate surface area is 87.9 Å². The van der Waals surface area contributed by atoms with E-state index < -0.39 is 10.8 Å². The molecule has 0 saturated heterocycles. The van der Waals surface area contributed by atoms with Crippen molar-refractivity contribution in [3.63, 3.8) is 0 Å². The fourth-order valence-corrected chi connectivity index (χ4v) is 1.33. The molecule has 2 unspecified atom stereocenters. The average Bonchev–Trinajstić information content (AvgIpc) is 2.12. The Bertz CT molecular complexity index is 196. The second kappa shape index (κ2) is 7.94. The van der Waals surface area contributed by atoms with E-state index in [1.807, 2.05) is 6.92 Å². The molecule has 0 bridgehead atoms. The molecule has 84 valence electrons. The summed E-state index contributed by atoms with van der Waals surface area (Å²) < 4.78 is 15.5. The lowest BCUT2D eigenvalue weighted by molar-refractivity contribution is -0.147. The van der Waals surface area contributed by atoms with Crippen LogP contribution in [0.4, 0.5) is 0 Å². The number of esters is 1. The molecular weight excluding hydrogens is 202 g/mol. The average molecular weight is 221 g/mol. The minimum atomic E-state index is -0.773. The van der Waals surface area contributed by atoms with Crippen LogP contribution in [0.3, 0.4) is 0 Å². The normalized spacial score (nSPS) is 14.8. The van der Waals surface area contributed by atoms with Gasteiger partial charge in [0.15, 0.2) is 0 Å². The summed E-state index contributed by atoms with van der Waals surface area (Å²) in [7, 11) is -0.773. The molecule has 5 heteroatoms. The van der Waals surface area contributed by atoms with Gasteiger partial charge >= 0.3 is 5.97 Å². The van der Waals surface area contributed by atoms with Crippen LogP contribution in [0.15, 0.2) is 0 Å². The minimum Gasteiger partial charge on any atom is -0.466 e. The van der Waals surface area contributed by atoms with E-state index >= 15 is 0 Å². The lowest BCUT2D eigenvalue weighted by Crippen LogP contribution is -2.30. The number of carbonyl (C=O) groups excluding carboxylic acids is 1. The Hall–Kier alpha value is -0.420. The number of hydrogen-bond acceptors (Lipinski definition) is 4. The van der Waals surface area contributed by atoms with Crippen LogP contribution in [0.1, 0.15) is 13.8 Å². The topological polar surface area (TPSA) is 55.4 Å². The predicted octanol–water partition coefficient (Wildman–Crippen LogP) is 0.154. The van der Waals surface area contributed by atoms with Crippen LogP contribution >= 0.6 is 0 Å². The maximum Gasteiger partial charge on any atom is 0.309 e. The van der Waals surface area contributed by atoms with Crippen LogP contribution in [0.5, 0.6) is 0 Å². The van der Waals surface area contributed by atoms with Crippen LogP contribution in [-0.2, 0) is 20.3 Å². The molecule has 0 aliphatic heterocycles. The van der Waals surface area contributed by atoms with Crippen molar-refractivity contribution in [1.82, 2.24) is 5.32 Å². The summed E-state index contributed by atoms with van der Waals surface area (Å²) in [6.45, 7) is 5.28. The molecule has 0 aliphatic carbocycles. The Morgan fingerprint density at radius 3 is 2.71 bits per heavy atom. The van der Waals surface area contributed by atoms with E-state index in [4.69, 9.17) is 4.74 Å². The SMILES string of the molecule is CCOC(=O)C(C)CNCCS(C)=O. The molecule has 0 radical (unpaired) electrons. The van der Waals surface area contributed by atoms with Crippen LogP contribution in [-0.4, -0.2) is 41.9 Å². The van der Waals surface area contributed by atoms with Gasteiger partial charge in [-0.05, 0) is 6.92 Å². The molecule has 0 amide bonds. The Morgan fingerprint density at radius 2 is 2.21 bits per heavy atom. The zero-order valence-electron chi connectivity index (χ0n) is 9.04. The standard InChI is InChI=1S/C9H19NO3S/c1-4-13-9(11)8(2)7-10-5-6-14(3)12/h8,10H,4-7H2,1-3H3. The van der Waals surface area contributed by atoms with E-state index in [1.165, 1.54) is 0 Å². The van der Waals surface area contributed by atoms with Crippen LogP contribution in [0, 0.1) is 5.92 Å². The Kier molecular flexibility index (Phi) is 7.70. The van der Waals surface area contributed by atoms with Crippen LogP contribution < -0.4 is 5.32 Å². The first-order chi connectivity index (χ1) is 6.57. The minimum absolute atomic E-state index is 0.139. The third kappa shape index (κ3) is 7.03. The molecular formula is C9H19NO3S. The van der Waals surface area contributed by atoms with Crippen molar-refractivity contribution in [3.05, 3.63) is 0 Å². The van der Waals surface area contributed by atoms with E-state index in [0.717, 1.165) is 0 Å². The molecule has 0 heterocycles. The molecule has 0 aromatic carbocycles. The quantitative estimate of drug-likeness (QED) is 0.491. The molecule has 1 N–H and O–H groups in total. The van der Waals surface area contributed by atoms with E-state index in [2.05, 4.69) is 5.32 Å². The van der Waals surface area contributed by atoms with Gasteiger partial charge in [0.2, 0.25) is 0 Å². The van der Waals surface area contributed by atoms with E-state index in [-0.39, 0.29) is 11.9 Å². The summed E-state index contributed by atoms with van der Waals surface area (Å²) in [4.78, 5) is 11.1. The van der Waals surface area contributed by atoms with Crippen LogP contribution in [0.25, 0.3) is 0 Å². The van der Waals surface area contributed by atoms with Gasteiger partial charge in [0.1, 0.15) is 0 Å². The van der Waals surface area contributed by atoms with Gasteiger partial charge in [-0.15, -0.1) is 0 Å².